The van der Waals surface area contributed by atoms with E-state index >= 15 is 0 Å². The number of aliphatic hydroxyl groups is 1. The summed E-state index contributed by atoms with van der Waals surface area (Å²) in [4.78, 5) is 11.9. The summed E-state index contributed by atoms with van der Waals surface area (Å²) in [6.07, 6.45) is 3.10. The zero-order chi connectivity index (χ0) is 13.2. The van der Waals surface area contributed by atoms with Gasteiger partial charge in [-0.05, 0) is 49.8 Å². The molecule has 0 radical (unpaired) electrons. The maximum Gasteiger partial charge on any atom is 0.251 e. The highest BCUT2D eigenvalue weighted by atomic mass is 16.3. The first-order valence-corrected chi connectivity index (χ1v) is 6.62. The van der Waals surface area contributed by atoms with Gasteiger partial charge in [-0.15, -0.1) is 0 Å². The average Bonchev–Trinajstić information content (AvgIpc) is 3.21. The van der Waals surface area contributed by atoms with E-state index < -0.39 is 5.60 Å². The summed E-state index contributed by atoms with van der Waals surface area (Å²) in [6.45, 7) is 4.21. The predicted molar refractivity (Wildman–Crippen MR) is 71.5 cm³/mol. The normalized spacial score (nSPS) is 18.2. The first-order chi connectivity index (χ1) is 8.53. The molecule has 2 rings (SSSR count). The van der Waals surface area contributed by atoms with Crippen LogP contribution < -0.4 is 5.32 Å². The first-order valence-electron chi connectivity index (χ1n) is 6.62. The van der Waals surface area contributed by atoms with Crippen LogP contribution in [0.25, 0.3) is 0 Å². The van der Waals surface area contributed by atoms with Crippen molar-refractivity contribution in [3.05, 3.63) is 35.4 Å². The Labute approximate surface area is 108 Å². The molecule has 0 bridgehead atoms. The molecule has 1 aromatic rings. The highest BCUT2D eigenvalue weighted by Gasteiger charge is 2.39. The van der Waals surface area contributed by atoms with Gasteiger partial charge < -0.3 is 10.4 Å². The maximum atomic E-state index is 11.9. The monoisotopic (exact) mass is 247 g/mol. The summed E-state index contributed by atoms with van der Waals surface area (Å²) in [6, 6.07) is 7.60. The fourth-order valence-electron chi connectivity index (χ4n) is 2.10. The first kappa shape index (κ1) is 13.1. The van der Waals surface area contributed by atoms with Gasteiger partial charge in [0.05, 0.1) is 5.60 Å². The molecule has 0 heterocycles. The van der Waals surface area contributed by atoms with Crippen molar-refractivity contribution in [2.45, 2.75) is 38.7 Å². The summed E-state index contributed by atoms with van der Waals surface area (Å²) in [5.41, 5.74) is 1.11. The third kappa shape index (κ3) is 3.10. The topological polar surface area (TPSA) is 49.3 Å². The Balaban J connectivity index is 1.90. The van der Waals surface area contributed by atoms with Gasteiger partial charge in [0.25, 0.3) is 5.91 Å². The van der Waals surface area contributed by atoms with Crippen molar-refractivity contribution < 1.29 is 9.90 Å². The molecule has 0 aliphatic heterocycles. The fraction of sp³-hybridized carbons (Fsp3) is 0.533. The largest absolute Gasteiger partial charge is 0.388 e. The highest BCUT2D eigenvalue weighted by Crippen LogP contribution is 2.38. The molecule has 1 amide bonds. The van der Waals surface area contributed by atoms with E-state index in [0.717, 1.165) is 19.3 Å². The SMILES string of the molecule is CCc1ccc(C(=O)NCC(C)(O)C2CC2)cc1. The highest BCUT2D eigenvalue weighted by molar-refractivity contribution is 5.94. The van der Waals surface area contributed by atoms with Crippen molar-refractivity contribution in [2.24, 2.45) is 5.92 Å². The van der Waals surface area contributed by atoms with Crippen LogP contribution in [0, 0.1) is 5.92 Å². The van der Waals surface area contributed by atoms with Crippen LogP contribution in [0.1, 0.15) is 42.6 Å². The number of aryl methyl sites for hydroxylation is 1. The summed E-state index contributed by atoms with van der Waals surface area (Å²) in [5, 5.41) is 12.9. The van der Waals surface area contributed by atoms with Crippen LogP contribution in [0.4, 0.5) is 0 Å². The van der Waals surface area contributed by atoms with E-state index in [1.54, 1.807) is 6.92 Å². The van der Waals surface area contributed by atoms with E-state index in [9.17, 15) is 9.90 Å². The van der Waals surface area contributed by atoms with E-state index in [0.29, 0.717) is 18.0 Å². The maximum absolute atomic E-state index is 11.9. The van der Waals surface area contributed by atoms with Crippen molar-refractivity contribution in [2.75, 3.05) is 6.54 Å². The minimum atomic E-state index is -0.765. The molecule has 3 heteroatoms. The molecule has 1 fully saturated rings. The van der Waals surface area contributed by atoms with Gasteiger partial charge in [-0.3, -0.25) is 4.79 Å². The summed E-state index contributed by atoms with van der Waals surface area (Å²) < 4.78 is 0. The Morgan fingerprint density at radius 3 is 2.50 bits per heavy atom. The summed E-state index contributed by atoms with van der Waals surface area (Å²) in [7, 11) is 0. The van der Waals surface area contributed by atoms with Crippen LogP contribution in [0.15, 0.2) is 24.3 Å². The Morgan fingerprint density at radius 1 is 1.39 bits per heavy atom. The van der Waals surface area contributed by atoms with Crippen molar-refractivity contribution in [3.63, 3.8) is 0 Å². The number of hydrogen-bond acceptors (Lipinski definition) is 2. The Morgan fingerprint density at radius 2 is 2.00 bits per heavy atom. The molecule has 1 aliphatic carbocycles. The smallest absolute Gasteiger partial charge is 0.251 e. The lowest BCUT2D eigenvalue weighted by Gasteiger charge is -2.23. The lowest BCUT2D eigenvalue weighted by molar-refractivity contribution is 0.0354. The fourth-order valence-corrected chi connectivity index (χ4v) is 2.10. The number of rotatable bonds is 5. The van der Waals surface area contributed by atoms with Crippen LogP contribution >= 0.6 is 0 Å². The molecule has 1 aliphatic rings. The van der Waals surface area contributed by atoms with Gasteiger partial charge in [0.1, 0.15) is 0 Å². The van der Waals surface area contributed by atoms with Crippen LogP contribution in [0.2, 0.25) is 0 Å². The van der Waals surface area contributed by atoms with Gasteiger partial charge in [-0.25, -0.2) is 0 Å². The van der Waals surface area contributed by atoms with E-state index in [2.05, 4.69) is 12.2 Å². The number of carbonyl (C=O) groups excluding carboxylic acids is 1. The summed E-state index contributed by atoms with van der Waals surface area (Å²) in [5.74, 6) is 0.235. The second-order valence-electron chi connectivity index (χ2n) is 5.36. The van der Waals surface area contributed by atoms with E-state index in [-0.39, 0.29) is 5.91 Å². The van der Waals surface area contributed by atoms with E-state index in [4.69, 9.17) is 0 Å². The van der Waals surface area contributed by atoms with Crippen molar-refractivity contribution in [3.8, 4) is 0 Å². The molecule has 1 unspecified atom stereocenters. The van der Waals surface area contributed by atoms with Gasteiger partial charge in [0.2, 0.25) is 0 Å². The van der Waals surface area contributed by atoms with Crippen LogP contribution in [-0.2, 0) is 6.42 Å². The quantitative estimate of drug-likeness (QED) is 0.837. The van der Waals surface area contributed by atoms with Crippen molar-refractivity contribution >= 4 is 5.91 Å². The number of amides is 1. The van der Waals surface area contributed by atoms with Crippen LogP contribution in [-0.4, -0.2) is 23.2 Å². The second-order valence-corrected chi connectivity index (χ2v) is 5.36. The van der Waals surface area contributed by atoms with Gasteiger partial charge >= 0.3 is 0 Å². The number of hydrogen-bond donors (Lipinski definition) is 2. The molecule has 1 aromatic carbocycles. The van der Waals surface area contributed by atoms with E-state index in [1.165, 1.54) is 5.56 Å². The lowest BCUT2D eigenvalue weighted by atomic mass is 10.0. The number of nitrogens with one attached hydrogen (secondary N) is 1. The number of benzene rings is 1. The molecule has 3 nitrogen and oxygen atoms in total. The van der Waals surface area contributed by atoms with Crippen LogP contribution in [0.3, 0.4) is 0 Å². The van der Waals surface area contributed by atoms with Crippen LogP contribution in [0.5, 0.6) is 0 Å². The minimum absolute atomic E-state index is 0.112. The van der Waals surface area contributed by atoms with Gasteiger partial charge in [-0.2, -0.15) is 0 Å². The zero-order valence-electron chi connectivity index (χ0n) is 11.1. The molecular formula is C15H21NO2. The van der Waals surface area contributed by atoms with E-state index in [1.807, 2.05) is 24.3 Å². The van der Waals surface area contributed by atoms with Gasteiger partial charge in [0, 0.05) is 12.1 Å². The molecule has 0 aromatic heterocycles. The molecule has 98 valence electrons. The standard InChI is InChI=1S/C15H21NO2/c1-3-11-4-6-12(7-5-11)14(17)16-10-15(2,18)13-8-9-13/h4-7,13,18H,3,8-10H2,1-2H3,(H,16,17). The van der Waals surface area contributed by atoms with Crippen molar-refractivity contribution in [1.82, 2.24) is 5.32 Å². The zero-order valence-corrected chi connectivity index (χ0v) is 11.1. The lowest BCUT2D eigenvalue weighted by Crippen LogP contribution is -2.42. The second kappa shape index (κ2) is 5.11. The predicted octanol–water partition coefficient (Wildman–Crippen LogP) is 2.14. The third-order valence-electron chi connectivity index (χ3n) is 3.69. The molecule has 0 saturated heterocycles. The summed E-state index contributed by atoms with van der Waals surface area (Å²) >= 11 is 0. The molecular weight excluding hydrogens is 226 g/mol. The van der Waals surface area contributed by atoms with Crippen molar-refractivity contribution in [1.29, 1.82) is 0 Å². The van der Waals surface area contributed by atoms with Gasteiger partial charge in [0.15, 0.2) is 0 Å². The minimum Gasteiger partial charge on any atom is -0.388 e. The Bertz CT molecular complexity index is 419. The Kier molecular flexibility index (Phi) is 3.71. The molecule has 18 heavy (non-hydrogen) atoms. The third-order valence-corrected chi connectivity index (χ3v) is 3.69. The van der Waals surface area contributed by atoms with Gasteiger partial charge in [-0.1, -0.05) is 19.1 Å². The molecule has 0 spiro atoms. The molecule has 2 N–H and O–H groups in total. The average molecular weight is 247 g/mol. The molecule has 1 atom stereocenters. The number of carbonyl (C=O) groups is 1. The molecule has 1 saturated carbocycles. The Hall–Kier alpha value is -1.35.